The Hall–Kier alpha value is -2.17. The number of nitrogens with zero attached hydrogens (tertiary/aromatic N) is 1. The van der Waals surface area contributed by atoms with Crippen molar-refractivity contribution in [3.63, 3.8) is 0 Å². The molecule has 0 amide bonds. The first-order valence-corrected chi connectivity index (χ1v) is 18.4. The number of fused-ring (bicyclic) bond motifs is 1. The average molecular weight is 518 g/mol. The lowest BCUT2D eigenvalue weighted by molar-refractivity contribution is 0.111. The molecule has 2 atom stereocenters. The van der Waals surface area contributed by atoms with Crippen molar-refractivity contribution >= 4 is 33.2 Å². The normalized spacial score (nSPS) is 19.4. The Morgan fingerprint density at radius 2 is 1.66 bits per heavy atom. The molecule has 0 N–H and O–H groups in total. The summed E-state index contributed by atoms with van der Waals surface area (Å²) in [4.78, 5) is 4.71. The first kappa shape index (κ1) is 25.9. The third-order valence-electron chi connectivity index (χ3n) is 6.86. The fraction of sp³-hybridized carbons (Fsp3) is 0.367. The average Bonchev–Trinajstić information content (AvgIpc) is 3.18. The van der Waals surface area contributed by atoms with Crippen LogP contribution in [0.5, 0.6) is 0 Å². The second-order valence-electron chi connectivity index (χ2n) is 11.7. The maximum Gasteiger partial charge on any atom is 0.232 e. The maximum atomic E-state index is 7.71. The molecule has 35 heavy (non-hydrogen) atoms. The van der Waals surface area contributed by atoms with E-state index in [-0.39, 0.29) is 5.04 Å². The zero-order chi connectivity index (χ0) is 25.3. The summed E-state index contributed by atoms with van der Waals surface area (Å²) in [7, 11) is -4.18. The number of benzene rings is 2. The number of hydrogen-bond acceptors (Lipinski definition) is 2. The smallest absolute Gasteiger partial charge is 0.232 e. The van der Waals surface area contributed by atoms with Crippen LogP contribution in [0, 0.1) is 11.5 Å². The standard InChI is InChI=1S/C30H36ClNOSi2/c1-29(2,3)35(21-18-24-11-7-8-13-28(24)35)33-30(19-22-34(4,5)6,23-27-12-9-10-20-32-27)25-14-16-26(31)17-15-25/h7-17,20H,18,21,23H2,1-6H3/t30-,35-/m1/s1. The molecule has 2 nitrogen and oxygen atoms in total. The molecular weight excluding hydrogens is 482 g/mol. The third-order valence-corrected chi connectivity index (χ3v) is 13.4. The molecular formula is C30H36ClNOSi2. The second kappa shape index (κ2) is 9.71. The largest absolute Gasteiger partial charge is 0.392 e. The van der Waals surface area contributed by atoms with Crippen LogP contribution < -0.4 is 5.19 Å². The van der Waals surface area contributed by atoms with Crippen LogP contribution in [0.1, 0.15) is 37.6 Å². The highest BCUT2D eigenvalue weighted by atomic mass is 35.5. The van der Waals surface area contributed by atoms with Gasteiger partial charge in [0.1, 0.15) is 13.7 Å². The summed E-state index contributed by atoms with van der Waals surface area (Å²) >= 11 is 6.34. The summed E-state index contributed by atoms with van der Waals surface area (Å²) in [6.45, 7) is 13.9. The first-order valence-electron chi connectivity index (χ1n) is 12.4. The van der Waals surface area contributed by atoms with E-state index < -0.39 is 22.0 Å². The van der Waals surface area contributed by atoms with E-state index in [0.29, 0.717) is 11.4 Å². The van der Waals surface area contributed by atoms with E-state index in [4.69, 9.17) is 21.0 Å². The number of halogens is 1. The van der Waals surface area contributed by atoms with Crippen LogP contribution in [-0.4, -0.2) is 21.4 Å². The van der Waals surface area contributed by atoms with Crippen molar-refractivity contribution in [1.29, 1.82) is 0 Å². The number of hydrogen-bond donors (Lipinski definition) is 0. The van der Waals surface area contributed by atoms with Crippen molar-refractivity contribution in [3.8, 4) is 11.5 Å². The minimum Gasteiger partial charge on any atom is -0.392 e. The first-order chi connectivity index (χ1) is 16.4. The van der Waals surface area contributed by atoms with Crippen LogP contribution in [0.2, 0.25) is 35.7 Å². The molecule has 0 bridgehead atoms. The summed E-state index contributed by atoms with van der Waals surface area (Å²) in [5.74, 6) is 3.75. The Morgan fingerprint density at radius 1 is 0.971 bits per heavy atom. The van der Waals surface area contributed by atoms with Crippen LogP contribution in [0.3, 0.4) is 0 Å². The zero-order valence-corrected chi connectivity index (χ0v) is 24.5. The van der Waals surface area contributed by atoms with Crippen LogP contribution >= 0.6 is 11.6 Å². The van der Waals surface area contributed by atoms with E-state index >= 15 is 0 Å². The summed E-state index contributed by atoms with van der Waals surface area (Å²) in [5, 5.41) is 2.12. The van der Waals surface area contributed by atoms with Crippen molar-refractivity contribution in [2.24, 2.45) is 0 Å². The monoisotopic (exact) mass is 517 g/mol. The van der Waals surface area contributed by atoms with Gasteiger partial charge in [0.15, 0.2) is 0 Å². The van der Waals surface area contributed by atoms with E-state index in [1.54, 1.807) is 0 Å². The van der Waals surface area contributed by atoms with Gasteiger partial charge in [-0.2, -0.15) is 0 Å². The van der Waals surface area contributed by atoms with Gasteiger partial charge >= 0.3 is 0 Å². The summed E-state index contributed by atoms with van der Waals surface area (Å²) in [5.41, 5.74) is 6.34. The molecule has 182 valence electrons. The zero-order valence-electron chi connectivity index (χ0n) is 21.8. The number of pyridine rings is 1. The van der Waals surface area contributed by atoms with E-state index in [2.05, 4.69) is 94.3 Å². The van der Waals surface area contributed by atoms with Gasteiger partial charge in [-0.05, 0) is 58.1 Å². The maximum absolute atomic E-state index is 7.71. The molecule has 2 heterocycles. The van der Waals surface area contributed by atoms with Crippen molar-refractivity contribution in [2.75, 3.05) is 0 Å². The molecule has 2 aromatic carbocycles. The second-order valence-corrected chi connectivity index (χ2v) is 21.3. The third kappa shape index (κ3) is 5.49. The molecule has 1 aromatic heterocycles. The van der Waals surface area contributed by atoms with Crippen molar-refractivity contribution in [1.82, 2.24) is 4.98 Å². The van der Waals surface area contributed by atoms with Crippen molar-refractivity contribution in [3.05, 3.63) is 94.8 Å². The Bertz CT molecular complexity index is 1240. The minimum atomic E-state index is -2.48. The fourth-order valence-corrected chi connectivity index (χ4v) is 10.6. The van der Waals surface area contributed by atoms with E-state index in [1.807, 2.05) is 30.5 Å². The Kier molecular flexibility index (Phi) is 7.19. The predicted molar refractivity (Wildman–Crippen MR) is 153 cm³/mol. The van der Waals surface area contributed by atoms with Gasteiger partial charge in [-0.15, -0.1) is 5.54 Å². The summed E-state index contributed by atoms with van der Waals surface area (Å²) in [6, 6.07) is 24.1. The van der Waals surface area contributed by atoms with Gasteiger partial charge < -0.3 is 4.43 Å². The predicted octanol–water partition coefficient (Wildman–Crippen LogP) is 7.28. The lowest BCUT2D eigenvalue weighted by Crippen LogP contribution is -2.60. The summed E-state index contributed by atoms with van der Waals surface area (Å²) < 4.78 is 7.71. The Morgan fingerprint density at radius 3 is 2.29 bits per heavy atom. The van der Waals surface area contributed by atoms with E-state index in [9.17, 15) is 0 Å². The number of aryl methyl sites for hydroxylation is 1. The highest BCUT2D eigenvalue weighted by molar-refractivity contribution is 6.90. The molecule has 3 aromatic rings. The van der Waals surface area contributed by atoms with Crippen molar-refractivity contribution in [2.45, 2.75) is 69.9 Å². The Labute approximate surface area is 218 Å². The van der Waals surface area contributed by atoms with Crippen LogP contribution in [-0.2, 0) is 22.9 Å². The highest BCUT2D eigenvalue weighted by Crippen LogP contribution is 2.48. The molecule has 0 unspecified atom stereocenters. The van der Waals surface area contributed by atoms with Crippen LogP contribution in [0.4, 0.5) is 0 Å². The van der Waals surface area contributed by atoms with Gasteiger partial charge in [0, 0.05) is 23.3 Å². The van der Waals surface area contributed by atoms with Crippen LogP contribution in [0.15, 0.2) is 72.9 Å². The van der Waals surface area contributed by atoms with Crippen molar-refractivity contribution < 1.29 is 4.43 Å². The molecule has 0 aliphatic carbocycles. The minimum absolute atomic E-state index is 0.0117. The van der Waals surface area contributed by atoms with Gasteiger partial charge in [0.25, 0.3) is 0 Å². The number of aromatic nitrogens is 1. The number of rotatable bonds is 5. The molecule has 0 saturated carbocycles. The van der Waals surface area contributed by atoms with Gasteiger partial charge in [-0.3, -0.25) is 4.98 Å². The highest BCUT2D eigenvalue weighted by Gasteiger charge is 2.56. The fourth-order valence-electron chi connectivity index (χ4n) is 5.02. The lowest BCUT2D eigenvalue weighted by atomic mass is 9.89. The molecule has 0 spiro atoms. The molecule has 0 saturated heterocycles. The Balaban J connectivity index is 1.98. The molecule has 0 radical (unpaired) electrons. The van der Waals surface area contributed by atoms with Gasteiger partial charge in [0.2, 0.25) is 8.32 Å². The summed E-state index contributed by atoms with van der Waals surface area (Å²) in [6.07, 6.45) is 3.51. The SMILES string of the molecule is CC(C)(C)[Si@@]1(O[C@](C#C[Si](C)(C)C)(Cc2ccccn2)c2ccc(Cl)cc2)CCc2ccccc21. The molecule has 4 rings (SSSR count). The van der Waals surface area contributed by atoms with E-state index in [1.165, 1.54) is 10.8 Å². The molecule has 5 heteroatoms. The molecule has 1 aliphatic heterocycles. The molecule has 1 aliphatic rings. The van der Waals surface area contributed by atoms with Gasteiger partial charge in [0.05, 0.1) is 0 Å². The van der Waals surface area contributed by atoms with Gasteiger partial charge in [-0.25, -0.2) is 0 Å². The lowest BCUT2D eigenvalue weighted by Gasteiger charge is -2.46. The van der Waals surface area contributed by atoms with E-state index in [0.717, 1.165) is 23.7 Å². The van der Waals surface area contributed by atoms with Gasteiger partial charge in [-0.1, -0.05) is 100 Å². The topological polar surface area (TPSA) is 22.1 Å². The quantitative estimate of drug-likeness (QED) is 0.262. The molecule has 0 fully saturated rings. The van der Waals surface area contributed by atoms with Crippen LogP contribution in [0.25, 0.3) is 0 Å².